The molecule has 0 aromatic rings. The van der Waals surface area contributed by atoms with Crippen molar-refractivity contribution in [1.82, 2.24) is 0 Å². The summed E-state index contributed by atoms with van der Waals surface area (Å²) >= 11 is 0. The van der Waals surface area contributed by atoms with E-state index in [-0.39, 0.29) is 5.96 Å². The second-order valence-electron chi connectivity index (χ2n) is 1.67. The molecule has 0 aromatic heterocycles. The Hall–Kier alpha value is -0.950. The molecule has 3 N–H and O–H groups in total. The Balaban J connectivity index is 2.93. The number of rotatable bonds is 1. The molecule has 0 spiro atoms. The minimum Gasteiger partial charge on any atom is -0.368 e. The fourth-order valence-electron chi connectivity index (χ4n) is 0.481. The van der Waals surface area contributed by atoms with E-state index in [1.165, 1.54) is 0 Å². The molecule has 1 atom stereocenters. The monoisotopic (exact) mass is 163 g/mol. The van der Waals surface area contributed by atoms with E-state index in [9.17, 15) is 8.42 Å². The van der Waals surface area contributed by atoms with E-state index < -0.39 is 15.5 Å². The second-order valence-corrected chi connectivity index (χ2v) is 3.18. The first-order valence-corrected chi connectivity index (χ1v) is 3.84. The van der Waals surface area contributed by atoms with Crippen LogP contribution >= 0.6 is 0 Å². The molecule has 0 bridgehead atoms. The normalized spacial score (nSPS) is 24.9. The molecule has 0 aromatic carbocycles. The van der Waals surface area contributed by atoms with Gasteiger partial charge in [-0.3, -0.25) is 4.55 Å². The molecule has 1 rings (SSSR count). The number of aliphatic imine (C=N–C) groups is 2. The first-order chi connectivity index (χ1) is 4.50. The van der Waals surface area contributed by atoms with Crippen molar-refractivity contribution in [2.75, 3.05) is 0 Å². The molecule has 0 radical (unpaired) electrons. The third kappa shape index (κ3) is 1.31. The standard InChI is InChI=1S/C3H5N3O3S/c4-3-5-1-2(6-3)10(7,8)9/h1-2H,(H2,4,6)(H,7,8,9). The summed E-state index contributed by atoms with van der Waals surface area (Å²) in [4.78, 5) is 6.64. The van der Waals surface area contributed by atoms with Gasteiger partial charge in [-0.2, -0.15) is 8.42 Å². The predicted octanol–water partition coefficient (Wildman–Crippen LogP) is -1.40. The smallest absolute Gasteiger partial charge is 0.293 e. The summed E-state index contributed by atoms with van der Waals surface area (Å²) in [5, 5.41) is -1.31. The average Bonchev–Trinajstić information content (AvgIpc) is 2.11. The zero-order valence-electron chi connectivity index (χ0n) is 4.80. The molecule has 0 fully saturated rings. The van der Waals surface area contributed by atoms with Crippen LogP contribution in [0.25, 0.3) is 0 Å². The first kappa shape index (κ1) is 7.16. The van der Waals surface area contributed by atoms with Gasteiger partial charge in [-0.1, -0.05) is 0 Å². The fraction of sp³-hybridized carbons (Fsp3) is 0.333. The largest absolute Gasteiger partial charge is 0.368 e. The van der Waals surface area contributed by atoms with Crippen LogP contribution in [-0.4, -0.2) is 30.5 Å². The highest BCUT2D eigenvalue weighted by atomic mass is 32.2. The van der Waals surface area contributed by atoms with Gasteiger partial charge in [-0.15, -0.1) is 0 Å². The quantitative estimate of drug-likeness (QED) is 0.463. The van der Waals surface area contributed by atoms with Gasteiger partial charge in [0.25, 0.3) is 10.1 Å². The van der Waals surface area contributed by atoms with E-state index in [0.29, 0.717) is 0 Å². The van der Waals surface area contributed by atoms with Crippen molar-refractivity contribution in [3.05, 3.63) is 0 Å². The van der Waals surface area contributed by atoms with Crippen molar-refractivity contribution < 1.29 is 13.0 Å². The van der Waals surface area contributed by atoms with E-state index in [1.54, 1.807) is 0 Å². The van der Waals surface area contributed by atoms with E-state index in [4.69, 9.17) is 10.3 Å². The molecule has 1 unspecified atom stereocenters. The zero-order chi connectivity index (χ0) is 7.78. The number of hydrogen-bond donors (Lipinski definition) is 2. The molecular weight excluding hydrogens is 158 g/mol. The van der Waals surface area contributed by atoms with Gasteiger partial charge in [0.2, 0.25) is 11.3 Å². The summed E-state index contributed by atoms with van der Waals surface area (Å²) in [6.45, 7) is 0. The van der Waals surface area contributed by atoms with Crippen LogP contribution in [0, 0.1) is 0 Å². The highest BCUT2D eigenvalue weighted by Gasteiger charge is 2.23. The Kier molecular flexibility index (Phi) is 1.45. The average molecular weight is 163 g/mol. The van der Waals surface area contributed by atoms with Crippen LogP contribution in [0.4, 0.5) is 0 Å². The topological polar surface area (TPSA) is 105 Å². The SMILES string of the molecule is NC1=NC(S(=O)(=O)O)C=N1. The van der Waals surface area contributed by atoms with Crippen LogP contribution in [0.3, 0.4) is 0 Å². The lowest BCUT2D eigenvalue weighted by Gasteiger charge is -1.94. The maximum Gasteiger partial charge on any atom is 0.293 e. The summed E-state index contributed by atoms with van der Waals surface area (Å²) in [5.74, 6) is -0.136. The van der Waals surface area contributed by atoms with E-state index in [0.717, 1.165) is 6.21 Å². The van der Waals surface area contributed by atoms with Crippen LogP contribution in [0.5, 0.6) is 0 Å². The Labute approximate surface area is 57.2 Å². The Morgan fingerprint density at radius 1 is 1.70 bits per heavy atom. The molecule has 7 heteroatoms. The lowest BCUT2D eigenvalue weighted by Crippen LogP contribution is -2.17. The van der Waals surface area contributed by atoms with Gasteiger partial charge in [0, 0.05) is 0 Å². The highest BCUT2D eigenvalue weighted by molar-refractivity contribution is 7.87. The molecule has 1 aliphatic heterocycles. The van der Waals surface area contributed by atoms with Gasteiger partial charge in [0.15, 0.2) is 0 Å². The van der Waals surface area contributed by atoms with Crippen LogP contribution in [0.2, 0.25) is 0 Å². The van der Waals surface area contributed by atoms with Gasteiger partial charge in [0.05, 0.1) is 6.21 Å². The number of nitrogens with zero attached hydrogens (tertiary/aromatic N) is 2. The van der Waals surface area contributed by atoms with Crippen molar-refractivity contribution in [1.29, 1.82) is 0 Å². The molecule has 10 heavy (non-hydrogen) atoms. The lowest BCUT2D eigenvalue weighted by molar-refractivity contribution is 0.479. The van der Waals surface area contributed by atoms with Crippen molar-refractivity contribution >= 4 is 22.3 Å². The second kappa shape index (κ2) is 2.03. The maximum atomic E-state index is 10.3. The maximum absolute atomic E-state index is 10.3. The van der Waals surface area contributed by atoms with Gasteiger partial charge in [-0.05, 0) is 0 Å². The molecule has 0 amide bonds. The molecule has 0 aliphatic carbocycles. The Bertz CT molecular complexity index is 290. The zero-order valence-corrected chi connectivity index (χ0v) is 5.61. The van der Waals surface area contributed by atoms with E-state index in [2.05, 4.69) is 9.98 Å². The Morgan fingerprint density at radius 2 is 2.30 bits per heavy atom. The van der Waals surface area contributed by atoms with Crippen LogP contribution in [-0.2, 0) is 10.1 Å². The molecule has 6 nitrogen and oxygen atoms in total. The van der Waals surface area contributed by atoms with Gasteiger partial charge in [0.1, 0.15) is 0 Å². The third-order valence-corrected chi connectivity index (χ3v) is 1.74. The molecule has 56 valence electrons. The van der Waals surface area contributed by atoms with Gasteiger partial charge < -0.3 is 5.73 Å². The van der Waals surface area contributed by atoms with E-state index >= 15 is 0 Å². The third-order valence-electron chi connectivity index (χ3n) is 0.899. The van der Waals surface area contributed by atoms with Gasteiger partial charge in [-0.25, -0.2) is 9.98 Å². The highest BCUT2D eigenvalue weighted by Crippen LogP contribution is 2.02. The molecular formula is C3H5N3O3S. The minimum atomic E-state index is -4.15. The van der Waals surface area contributed by atoms with Crippen molar-refractivity contribution in [3.8, 4) is 0 Å². The summed E-state index contributed by atoms with van der Waals surface area (Å²) < 4.78 is 28.9. The lowest BCUT2D eigenvalue weighted by atomic mass is 10.8. The predicted molar refractivity (Wildman–Crippen MR) is 35.5 cm³/mol. The number of guanidine groups is 1. The first-order valence-electron chi connectivity index (χ1n) is 2.34. The Morgan fingerprint density at radius 3 is 2.50 bits per heavy atom. The molecule has 0 saturated heterocycles. The minimum absolute atomic E-state index is 0.136. The van der Waals surface area contributed by atoms with Crippen molar-refractivity contribution in [3.63, 3.8) is 0 Å². The summed E-state index contributed by atoms with van der Waals surface area (Å²) in [6.07, 6.45) is 0.963. The summed E-state index contributed by atoms with van der Waals surface area (Å²) in [7, 11) is -4.15. The summed E-state index contributed by atoms with van der Waals surface area (Å²) in [6, 6.07) is 0. The van der Waals surface area contributed by atoms with Crippen LogP contribution in [0.1, 0.15) is 0 Å². The van der Waals surface area contributed by atoms with Crippen LogP contribution in [0.15, 0.2) is 9.98 Å². The fourth-order valence-corrected chi connectivity index (χ4v) is 0.937. The van der Waals surface area contributed by atoms with Crippen LogP contribution < -0.4 is 5.73 Å². The molecule has 0 saturated carbocycles. The van der Waals surface area contributed by atoms with E-state index in [1.807, 2.05) is 0 Å². The van der Waals surface area contributed by atoms with Crippen molar-refractivity contribution in [2.24, 2.45) is 15.7 Å². The van der Waals surface area contributed by atoms with Crippen molar-refractivity contribution in [2.45, 2.75) is 5.37 Å². The van der Waals surface area contributed by atoms with Gasteiger partial charge >= 0.3 is 0 Å². The molecule has 1 heterocycles. The summed E-state index contributed by atoms with van der Waals surface area (Å²) in [5.41, 5.74) is 5.00. The molecule has 1 aliphatic rings. The number of hydrogen-bond acceptors (Lipinski definition) is 5. The number of nitrogens with two attached hydrogens (primary N) is 1.